The summed E-state index contributed by atoms with van der Waals surface area (Å²) in [6.45, 7) is 14.2. The molecule has 0 aromatic heterocycles. The molecule has 4 rings (SSSR count). The number of aromatic hydroxyl groups is 2. The number of ether oxygens (including phenoxy) is 2. The molecule has 6 heteroatoms. The van der Waals surface area contributed by atoms with Gasteiger partial charge in [-0.25, -0.2) is 0 Å². The number of hydrogen-bond acceptors (Lipinski definition) is 6. The zero-order valence-corrected chi connectivity index (χ0v) is 31.6. The van der Waals surface area contributed by atoms with Crippen LogP contribution in [0.25, 0.3) is 0 Å². The highest BCUT2D eigenvalue weighted by Gasteiger charge is 2.07. The van der Waals surface area contributed by atoms with Crippen LogP contribution in [0.15, 0.2) is 92.4 Å². The van der Waals surface area contributed by atoms with Crippen molar-refractivity contribution in [3.8, 4) is 23.0 Å². The van der Waals surface area contributed by atoms with E-state index in [9.17, 15) is 10.2 Å². The highest BCUT2D eigenvalue weighted by Crippen LogP contribution is 2.34. The number of hydrogen-bond donors (Lipinski definition) is 2. The van der Waals surface area contributed by atoms with Gasteiger partial charge in [0.25, 0.3) is 0 Å². The number of phenols is 2. The number of aryl methyl sites for hydroxylation is 4. The van der Waals surface area contributed by atoms with E-state index in [-0.39, 0.29) is 0 Å². The number of unbranched alkanes of at least 4 members (excludes halogenated alkanes) is 8. The summed E-state index contributed by atoms with van der Waals surface area (Å²) in [5, 5.41) is 18.9. The average Bonchev–Trinajstić information content (AvgIpc) is 3.06. The molecule has 48 heavy (non-hydrogen) atoms. The summed E-state index contributed by atoms with van der Waals surface area (Å²) in [7, 11) is 0. The van der Waals surface area contributed by atoms with Crippen LogP contribution >= 0.6 is 23.5 Å². The molecule has 0 fully saturated rings. The molecular weight excluding hydrogens is 633 g/mol. The Kier molecular flexibility index (Phi) is 17.7. The predicted molar refractivity (Wildman–Crippen MR) is 205 cm³/mol. The van der Waals surface area contributed by atoms with Crippen LogP contribution < -0.4 is 9.47 Å². The second kappa shape index (κ2) is 21.7. The zero-order chi connectivity index (χ0) is 34.7. The van der Waals surface area contributed by atoms with E-state index in [1.165, 1.54) is 72.3 Å². The normalized spacial score (nSPS) is 10.8. The molecule has 0 atom stereocenters. The quantitative estimate of drug-likeness (QED) is 0.101. The molecule has 4 aromatic carbocycles. The monoisotopic (exact) mass is 688 g/mol. The molecule has 260 valence electrons. The van der Waals surface area contributed by atoms with Crippen molar-refractivity contribution in [2.24, 2.45) is 0 Å². The summed E-state index contributed by atoms with van der Waals surface area (Å²) >= 11 is 3.41. The molecule has 0 bridgehead atoms. The Morgan fingerprint density at radius 1 is 0.438 bits per heavy atom. The van der Waals surface area contributed by atoms with Crippen LogP contribution in [0.2, 0.25) is 0 Å². The fraction of sp³-hybridized carbons (Fsp3) is 0.429. The van der Waals surface area contributed by atoms with Crippen molar-refractivity contribution in [2.45, 2.75) is 125 Å². The highest BCUT2D eigenvalue weighted by atomic mass is 32.2. The average molecular weight is 689 g/mol. The van der Waals surface area contributed by atoms with Crippen molar-refractivity contribution in [3.05, 3.63) is 95.1 Å². The molecular formula is C42H56O4S2. The summed E-state index contributed by atoms with van der Waals surface area (Å²) in [6, 6.07) is 24.1. The van der Waals surface area contributed by atoms with Crippen LogP contribution in [0.1, 0.15) is 100 Å². The lowest BCUT2D eigenvalue weighted by molar-refractivity contribution is 0.302. The van der Waals surface area contributed by atoms with Gasteiger partial charge < -0.3 is 19.7 Å². The molecule has 0 aliphatic rings. The van der Waals surface area contributed by atoms with E-state index in [0.29, 0.717) is 11.5 Å². The van der Waals surface area contributed by atoms with Gasteiger partial charge in [0, 0.05) is 19.6 Å². The fourth-order valence-electron chi connectivity index (χ4n) is 5.13. The first kappa shape index (κ1) is 39.2. The van der Waals surface area contributed by atoms with Crippen LogP contribution in [0.4, 0.5) is 0 Å². The summed E-state index contributed by atoms with van der Waals surface area (Å²) in [5.41, 5.74) is 4.15. The van der Waals surface area contributed by atoms with Gasteiger partial charge in [0.15, 0.2) is 0 Å². The molecule has 0 amide bonds. The molecule has 0 saturated heterocycles. The van der Waals surface area contributed by atoms with Crippen molar-refractivity contribution in [3.63, 3.8) is 0 Å². The number of rotatable bonds is 18. The van der Waals surface area contributed by atoms with E-state index < -0.39 is 0 Å². The van der Waals surface area contributed by atoms with Crippen molar-refractivity contribution in [1.29, 1.82) is 0 Å². The second-order valence-electron chi connectivity index (χ2n) is 12.5. The van der Waals surface area contributed by atoms with Gasteiger partial charge in [-0.3, -0.25) is 0 Å². The molecule has 0 aliphatic carbocycles. The first-order valence-electron chi connectivity index (χ1n) is 17.6. The first-order chi connectivity index (χ1) is 23.2. The van der Waals surface area contributed by atoms with Gasteiger partial charge in [0.05, 0.1) is 13.2 Å². The Morgan fingerprint density at radius 2 is 0.771 bits per heavy atom. The minimum absolute atomic E-state index is 0.316. The SMILES string of the molecule is CCCCCCCOc1ccc(Sc2ccc(OCCCCCCC)c(C)c2)cc1C.Cc1cc(Sc2ccc(O)c(C)c2)ccc1O. The van der Waals surface area contributed by atoms with Crippen molar-refractivity contribution in [1.82, 2.24) is 0 Å². The lowest BCUT2D eigenvalue weighted by Gasteiger charge is -2.12. The van der Waals surface area contributed by atoms with Crippen LogP contribution in [0.5, 0.6) is 23.0 Å². The molecule has 2 N–H and O–H groups in total. The maximum atomic E-state index is 9.45. The van der Waals surface area contributed by atoms with Crippen LogP contribution in [-0.4, -0.2) is 23.4 Å². The third-order valence-electron chi connectivity index (χ3n) is 8.11. The van der Waals surface area contributed by atoms with Gasteiger partial charge in [-0.1, -0.05) is 88.7 Å². The minimum atomic E-state index is 0.316. The van der Waals surface area contributed by atoms with E-state index in [2.05, 4.69) is 64.1 Å². The van der Waals surface area contributed by atoms with Crippen molar-refractivity contribution >= 4 is 23.5 Å². The minimum Gasteiger partial charge on any atom is -0.508 e. The maximum Gasteiger partial charge on any atom is 0.122 e. The summed E-state index contributed by atoms with van der Waals surface area (Å²) in [5.74, 6) is 2.66. The smallest absolute Gasteiger partial charge is 0.122 e. The Bertz CT molecular complexity index is 1420. The zero-order valence-electron chi connectivity index (χ0n) is 29.9. The van der Waals surface area contributed by atoms with E-state index in [1.54, 1.807) is 35.7 Å². The molecule has 0 heterocycles. The van der Waals surface area contributed by atoms with Crippen LogP contribution in [0.3, 0.4) is 0 Å². The molecule has 0 radical (unpaired) electrons. The largest absolute Gasteiger partial charge is 0.508 e. The van der Waals surface area contributed by atoms with Gasteiger partial charge >= 0.3 is 0 Å². The fourth-order valence-corrected chi connectivity index (χ4v) is 7.16. The molecule has 4 nitrogen and oxygen atoms in total. The Balaban J connectivity index is 0.000000308. The molecule has 0 aliphatic heterocycles. The molecule has 4 aromatic rings. The van der Waals surface area contributed by atoms with E-state index in [1.807, 2.05) is 38.1 Å². The van der Waals surface area contributed by atoms with Gasteiger partial charge in [-0.05, 0) is 136 Å². The van der Waals surface area contributed by atoms with Crippen molar-refractivity contribution < 1.29 is 19.7 Å². The van der Waals surface area contributed by atoms with Gasteiger partial charge in [0.1, 0.15) is 23.0 Å². The summed E-state index contributed by atoms with van der Waals surface area (Å²) < 4.78 is 12.0. The molecule has 0 unspecified atom stereocenters. The van der Waals surface area contributed by atoms with Gasteiger partial charge in [0.2, 0.25) is 0 Å². The van der Waals surface area contributed by atoms with E-state index >= 15 is 0 Å². The highest BCUT2D eigenvalue weighted by molar-refractivity contribution is 7.99. The lowest BCUT2D eigenvalue weighted by Crippen LogP contribution is -1.99. The molecule has 0 spiro atoms. The van der Waals surface area contributed by atoms with Crippen molar-refractivity contribution in [2.75, 3.05) is 13.2 Å². The first-order valence-corrected chi connectivity index (χ1v) is 19.2. The topological polar surface area (TPSA) is 58.9 Å². The number of benzene rings is 4. The summed E-state index contributed by atoms with van der Waals surface area (Å²) in [6.07, 6.45) is 12.7. The second-order valence-corrected chi connectivity index (χ2v) is 14.8. The Morgan fingerprint density at radius 3 is 1.10 bits per heavy atom. The van der Waals surface area contributed by atoms with Crippen LogP contribution in [0, 0.1) is 27.7 Å². The van der Waals surface area contributed by atoms with Gasteiger partial charge in [-0.15, -0.1) is 0 Å². The standard InChI is InChI=1S/C28H42O2S.C14H14O2S/c1-5-7-9-11-13-19-29-27-17-15-25(21-23(27)3)31-26-16-18-28(24(4)22-26)30-20-14-12-10-8-6-2;1-9-7-11(3-5-13(9)15)17-12-4-6-14(16)10(2)8-12/h15-18,21-22H,5-14,19-20H2,1-4H3;3-8,15-16H,1-2H3. The third-order valence-corrected chi connectivity index (χ3v) is 10.1. The van der Waals surface area contributed by atoms with E-state index in [4.69, 9.17) is 9.47 Å². The third kappa shape index (κ3) is 14.1. The maximum absolute atomic E-state index is 9.45. The Labute approximate surface area is 298 Å². The lowest BCUT2D eigenvalue weighted by atomic mass is 10.2. The predicted octanol–water partition coefficient (Wildman–Crippen LogP) is 13.0. The summed E-state index contributed by atoms with van der Waals surface area (Å²) in [4.78, 5) is 4.64. The van der Waals surface area contributed by atoms with Crippen LogP contribution in [-0.2, 0) is 0 Å². The Hall–Kier alpha value is -3.22. The number of phenolic OH excluding ortho intramolecular Hbond substituents is 2. The van der Waals surface area contributed by atoms with E-state index in [0.717, 1.165) is 58.5 Å². The molecule has 0 saturated carbocycles. The van der Waals surface area contributed by atoms with Gasteiger partial charge in [-0.2, -0.15) is 0 Å².